The number of nitrogens with one attached hydrogen (secondary N) is 2. The highest BCUT2D eigenvalue weighted by molar-refractivity contribution is 7.88. The van der Waals surface area contributed by atoms with Crippen molar-refractivity contribution in [2.45, 2.75) is 59.5 Å². The van der Waals surface area contributed by atoms with Crippen LogP contribution in [0.3, 0.4) is 0 Å². The van der Waals surface area contributed by atoms with Crippen molar-refractivity contribution in [2.24, 2.45) is 10.9 Å². The van der Waals surface area contributed by atoms with E-state index in [-0.39, 0.29) is 6.09 Å². The highest BCUT2D eigenvalue weighted by Crippen LogP contribution is 2.20. The van der Waals surface area contributed by atoms with Crippen LogP contribution in [0.15, 0.2) is 4.99 Å². The van der Waals surface area contributed by atoms with Crippen molar-refractivity contribution in [3.63, 3.8) is 0 Å². The molecule has 0 aromatic carbocycles. The monoisotopic (exact) mass is 447 g/mol. The van der Waals surface area contributed by atoms with Crippen molar-refractivity contribution >= 4 is 22.1 Å². The lowest BCUT2D eigenvalue weighted by Gasteiger charge is -2.36. The van der Waals surface area contributed by atoms with Crippen molar-refractivity contribution in [1.29, 1.82) is 0 Å². The van der Waals surface area contributed by atoms with Gasteiger partial charge in [-0.05, 0) is 59.8 Å². The molecule has 0 bridgehead atoms. The van der Waals surface area contributed by atoms with Gasteiger partial charge in [0.2, 0.25) is 10.0 Å². The van der Waals surface area contributed by atoms with Gasteiger partial charge in [0, 0.05) is 45.8 Å². The predicted octanol–water partition coefficient (Wildman–Crippen LogP) is 1.86. The Morgan fingerprint density at radius 3 is 2.37 bits per heavy atom. The van der Waals surface area contributed by atoms with Gasteiger partial charge in [-0.1, -0.05) is 0 Å². The van der Waals surface area contributed by atoms with E-state index in [2.05, 4.69) is 19.9 Å². The molecule has 1 fully saturated rings. The number of hydrogen-bond acceptors (Lipinski definition) is 5. The molecule has 0 aliphatic carbocycles. The number of ether oxygens (including phenoxy) is 1. The fourth-order valence-electron chi connectivity index (χ4n) is 3.25. The standard InChI is InChI=1S/C20H41N5O4S/c1-7-21-18(22-12-9-13-23-30(6,27)28)25-14-10-17(11-15-25)16-24(8-2)19(26)29-20(3,4)5/h17,23H,7-16H2,1-6H3,(H,21,22). The Morgan fingerprint density at radius 1 is 1.23 bits per heavy atom. The van der Waals surface area contributed by atoms with Crippen LogP contribution in [0.2, 0.25) is 0 Å². The third kappa shape index (κ3) is 11.0. The molecular weight excluding hydrogens is 406 g/mol. The Morgan fingerprint density at radius 2 is 1.87 bits per heavy atom. The topological polar surface area (TPSA) is 103 Å². The van der Waals surface area contributed by atoms with Crippen molar-refractivity contribution < 1.29 is 17.9 Å². The fraction of sp³-hybridized carbons (Fsp3) is 0.900. The molecule has 0 spiro atoms. The summed E-state index contributed by atoms with van der Waals surface area (Å²) in [5.41, 5.74) is -0.484. The van der Waals surface area contributed by atoms with Gasteiger partial charge in [0.1, 0.15) is 5.60 Å². The zero-order valence-electron chi connectivity index (χ0n) is 19.5. The number of hydrogen-bond donors (Lipinski definition) is 2. The molecule has 10 heteroatoms. The quantitative estimate of drug-likeness (QED) is 0.318. The summed E-state index contributed by atoms with van der Waals surface area (Å²) in [5, 5.41) is 3.32. The summed E-state index contributed by atoms with van der Waals surface area (Å²) in [4.78, 5) is 21.1. The van der Waals surface area contributed by atoms with E-state index in [1.54, 1.807) is 4.90 Å². The molecule has 1 saturated heterocycles. The van der Waals surface area contributed by atoms with Crippen molar-refractivity contribution in [1.82, 2.24) is 19.8 Å². The molecule has 0 aromatic heterocycles. The van der Waals surface area contributed by atoms with Crippen LogP contribution >= 0.6 is 0 Å². The SMILES string of the molecule is CCNC(=NCCCNS(C)(=O)=O)N1CCC(CN(CC)C(=O)OC(C)(C)C)CC1. The van der Waals surface area contributed by atoms with Crippen LogP contribution in [-0.4, -0.2) is 87.9 Å². The molecule has 0 aromatic rings. The number of carbonyl (C=O) groups is 1. The van der Waals surface area contributed by atoms with Crippen LogP contribution in [-0.2, 0) is 14.8 Å². The third-order valence-corrected chi connectivity index (χ3v) is 5.45. The highest BCUT2D eigenvalue weighted by Gasteiger charge is 2.27. The summed E-state index contributed by atoms with van der Waals surface area (Å²) < 4.78 is 30.2. The van der Waals surface area contributed by atoms with Crippen LogP contribution in [0.25, 0.3) is 0 Å². The lowest BCUT2D eigenvalue weighted by molar-refractivity contribution is 0.0214. The number of carbonyl (C=O) groups excluding carboxylic acids is 1. The van der Waals surface area contributed by atoms with Crippen molar-refractivity contribution in [2.75, 3.05) is 52.1 Å². The second-order valence-electron chi connectivity index (χ2n) is 8.71. The highest BCUT2D eigenvalue weighted by atomic mass is 32.2. The van der Waals surface area contributed by atoms with Crippen LogP contribution in [0, 0.1) is 5.92 Å². The second-order valence-corrected chi connectivity index (χ2v) is 10.5. The van der Waals surface area contributed by atoms with E-state index in [9.17, 15) is 13.2 Å². The zero-order chi connectivity index (χ0) is 22.8. The lowest BCUT2D eigenvalue weighted by atomic mass is 9.96. The molecule has 1 aliphatic rings. The van der Waals surface area contributed by atoms with Gasteiger partial charge < -0.3 is 19.9 Å². The molecule has 30 heavy (non-hydrogen) atoms. The number of rotatable bonds is 9. The first-order chi connectivity index (χ1) is 13.9. The minimum Gasteiger partial charge on any atom is -0.444 e. The van der Waals surface area contributed by atoms with Crippen LogP contribution in [0.5, 0.6) is 0 Å². The van der Waals surface area contributed by atoms with E-state index in [1.807, 2.05) is 34.6 Å². The predicted molar refractivity (Wildman–Crippen MR) is 121 cm³/mol. The summed E-state index contributed by atoms with van der Waals surface area (Å²) in [7, 11) is -3.15. The smallest absolute Gasteiger partial charge is 0.410 e. The van der Waals surface area contributed by atoms with Gasteiger partial charge in [-0.25, -0.2) is 17.9 Å². The molecule has 0 unspecified atom stereocenters. The Hall–Kier alpha value is -1.55. The van der Waals surface area contributed by atoms with Gasteiger partial charge in [0.15, 0.2) is 5.96 Å². The maximum absolute atomic E-state index is 12.4. The van der Waals surface area contributed by atoms with Crippen molar-refractivity contribution in [3.8, 4) is 0 Å². The van der Waals surface area contributed by atoms with Gasteiger partial charge in [-0.15, -0.1) is 0 Å². The first-order valence-corrected chi connectivity index (χ1v) is 12.8. The van der Waals surface area contributed by atoms with Crippen LogP contribution < -0.4 is 10.0 Å². The molecule has 176 valence electrons. The minimum atomic E-state index is -3.15. The van der Waals surface area contributed by atoms with E-state index in [1.165, 1.54) is 0 Å². The van der Waals surface area contributed by atoms with Crippen LogP contribution in [0.4, 0.5) is 4.79 Å². The van der Waals surface area contributed by atoms with Crippen molar-refractivity contribution in [3.05, 3.63) is 0 Å². The van der Waals surface area contributed by atoms with E-state index < -0.39 is 15.6 Å². The number of aliphatic imine (C=N–C) groups is 1. The number of amides is 1. The van der Waals surface area contributed by atoms with E-state index in [0.717, 1.165) is 44.7 Å². The average Bonchev–Trinajstić information content (AvgIpc) is 2.63. The molecule has 1 rings (SSSR count). The number of nitrogens with zero attached hydrogens (tertiary/aromatic N) is 3. The number of piperidine rings is 1. The Kier molecular flexibility index (Phi) is 10.9. The largest absolute Gasteiger partial charge is 0.444 e. The van der Waals surface area contributed by atoms with E-state index >= 15 is 0 Å². The first-order valence-electron chi connectivity index (χ1n) is 10.9. The third-order valence-electron chi connectivity index (χ3n) is 4.72. The fourth-order valence-corrected chi connectivity index (χ4v) is 3.76. The summed E-state index contributed by atoms with van der Waals surface area (Å²) in [6.45, 7) is 14.5. The summed E-state index contributed by atoms with van der Waals surface area (Å²) >= 11 is 0. The number of likely N-dealkylation sites (tertiary alicyclic amines) is 1. The summed E-state index contributed by atoms with van der Waals surface area (Å²) in [5.74, 6) is 1.31. The second kappa shape index (κ2) is 12.3. The van der Waals surface area contributed by atoms with Crippen LogP contribution in [0.1, 0.15) is 53.9 Å². The number of guanidine groups is 1. The van der Waals surface area contributed by atoms with E-state index in [0.29, 0.717) is 38.5 Å². The molecule has 0 saturated carbocycles. The van der Waals surface area contributed by atoms with Gasteiger partial charge in [0.25, 0.3) is 0 Å². The zero-order valence-corrected chi connectivity index (χ0v) is 20.3. The molecule has 1 aliphatic heterocycles. The average molecular weight is 448 g/mol. The molecule has 1 heterocycles. The molecule has 2 N–H and O–H groups in total. The Balaban J connectivity index is 2.52. The van der Waals surface area contributed by atoms with Gasteiger partial charge in [-0.3, -0.25) is 4.99 Å². The molecule has 1 amide bonds. The summed E-state index contributed by atoms with van der Waals surface area (Å²) in [6, 6.07) is 0. The van der Waals surface area contributed by atoms with E-state index in [4.69, 9.17) is 4.74 Å². The number of sulfonamides is 1. The van der Waals surface area contributed by atoms with Gasteiger partial charge >= 0.3 is 6.09 Å². The molecule has 9 nitrogen and oxygen atoms in total. The van der Waals surface area contributed by atoms with Gasteiger partial charge in [0.05, 0.1) is 6.26 Å². The van der Waals surface area contributed by atoms with Gasteiger partial charge in [-0.2, -0.15) is 0 Å². The molecular formula is C20H41N5O4S. The minimum absolute atomic E-state index is 0.245. The Bertz CT molecular complexity index is 653. The molecule has 0 atom stereocenters. The molecule has 0 radical (unpaired) electrons. The summed E-state index contributed by atoms with van der Waals surface area (Å²) in [6.07, 6.45) is 3.54. The normalized spacial score (nSPS) is 16.5. The maximum atomic E-state index is 12.4. The Labute approximate surface area is 182 Å². The maximum Gasteiger partial charge on any atom is 0.410 e. The lowest BCUT2D eigenvalue weighted by Crippen LogP contribution is -2.48. The first kappa shape index (κ1) is 26.5.